The third-order valence-corrected chi connectivity index (χ3v) is 2.07. The molecule has 1 rings (SSSR count). The van der Waals surface area contributed by atoms with Crippen LogP contribution in [0.15, 0.2) is 0 Å². The van der Waals surface area contributed by atoms with Crippen molar-refractivity contribution in [3.63, 3.8) is 0 Å². The van der Waals surface area contributed by atoms with Crippen LogP contribution in [0.1, 0.15) is 13.8 Å². The van der Waals surface area contributed by atoms with Crippen LogP contribution >= 0.6 is 0 Å². The first-order chi connectivity index (χ1) is 5.66. The van der Waals surface area contributed by atoms with Gasteiger partial charge in [-0.1, -0.05) is 6.92 Å². The van der Waals surface area contributed by atoms with Crippen molar-refractivity contribution in [3.05, 3.63) is 0 Å². The number of hydrogen-bond donors (Lipinski definition) is 2. The summed E-state index contributed by atoms with van der Waals surface area (Å²) in [7, 11) is 0. The summed E-state index contributed by atoms with van der Waals surface area (Å²) >= 11 is 0. The second kappa shape index (κ2) is 4.18. The number of hydrogen-bond acceptors (Lipinski definition) is 4. The van der Waals surface area contributed by atoms with E-state index in [-0.39, 0.29) is 5.92 Å². The first-order valence-corrected chi connectivity index (χ1v) is 4.26. The van der Waals surface area contributed by atoms with Gasteiger partial charge in [0, 0.05) is 12.5 Å². The van der Waals surface area contributed by atoms with E-state index in [2.05, 4.69) is 0 Å². The van der Waals surface area contributed by atoms with E-state index in [4.69, 9.17) is 9.47 Å². The smallest absolute Gasteiger partial charge is 0.185 e. The molecule has 1 aliphatic rings. The minimum Gasteiger partial charge on any atom is -0.390 e. The van der Waals surface area contributed by atoms with Gasteiger partial charge < -0.3 is 19.7 Å². The molecule has 1 saturated heterocycles. The summed E-state index contributed by atoms with van der Waals surface area (Å²) < 4.78 is 10.3. The van der Waals surface area contributed by atoms with E-state index >= 15 is 0 Å². The van der Waals surface area contributed by atoms with Gasteiger partial charge in [0.1, 0.15) is 6.10 Å². The van der Waals surface area contributed by atoms with E-state index in [0.717, 1.165) is 0 Å². The second-order valence-corrected chi connectivity index (χ2v) is 3.12. The summed E-state index contributed by atoms with van der Waals surface area (Å²) in [4.78, 5) is 0. The predicted octanol–water partition coefficient (Wildman–Crippen LogP) is -0.263. The van der Waals surface area contributed by atoms with Gasteiger partial charge in [0.15, 0.2) is 6.29 Å². The lowest BCUT2D eigenvalue weighted by molar-refractivity contribution is -0.255. The van der Waals surface area contributed by atoms with Gasteiger partial charge in [-0.05, 0) is 6.92 Å². The normalized spacial score (nSPS) is 43.0. The van der Waals surface area contributed by atoms with Crippen molar-refractivity contribution < 1.29 is 19.7 Å². The average Bonchev–Trinajstić information content (AvgIpc) is 2.07. The predicted molar refractivity (Wildman–Crippen MR) is 42.5 cm³/mol. The standard InChI is InChI=1S/C8H16O4/c1-3-11-8-7(10)6(9)5(2)4-12-8/h5-10H,3-4H2,1-2H3. The van der Waals surface area contributed by atoms with Crippen LogP contribution in [0.2, 0.25) is 0 Å². The Hall–Kier alpha value is -0.160. The lowest BCUT2D eigenvalue weighted by Gasteiger charge is -2.35. The molecule has 0 radical (unpaired) electrons. The fourth-order valence-electron chi connectivity index (χ4n) is 1.25. The maximum atomic E-state index is 9.44. The van der Waals surface area contributed by atoms with Gasteiger partial charge in [-0.2, -0.15) is 0 Å². The third-order valence-electron chi connectivity index (χ3n) is 2.07. The highest BCUT2D eigenvalue weighted by Crippen LogP contribution is 2.20. The molecule has 0 spiro atoms. The molecular formula is C8H16O4. The van der Waals surface area contributed by atoms with Gasteiger partial charge in [-0.25, -0.2) is 0 Å². The van der Waals surface area contributed by atoms with Gasteiger partial charge in [0.05, 0.1) is 12.7 Å². The molecule has 1 fully saturated rings. The van der Waals surface area contributed by atoms with Gasteiger partial charge in [0.25, 0.3) is 0 Å². The SMILES string of the molecule is CCOC1OCC(C)C(O)C1O. The largest absolute Gasteiger partial charge is 0.390 e. The zero-order chi connectivity index (χ0) is 9.14. The molecule has 0 aliphatic carbocycles. The maximum Gasteiger partial charge on any atom is 0.185 e. The van der Waals surface area contributed by atoms with Crippen LogP contribution in [0.25, 0.3) is 0 Å². The van der Waals surface area contributed by atoms with Crippen LogP contribution in [-0.2, 0) is 9.47 Å². The Labute approximate surface area is 72.1 Å². The zero-order valence-electron chi connectivity index (χ0n) is 7.43. The third kappa shape index (κ3) is 1.95. The van der Waals surface area contributed by atoms with Crippen LogP contribution in [0.5, 0.6) is 0 Å². The Morgan fingerprint density at radius 1 is 1.42 bits per heavy atom. The van der Waals surface area contributed by atoms with E-state index in [1.165, 1.54) is 0 Å². The molecule has 0 aromatic carbocycles. The van der Waals surface area contributed by atoms with E-state index in [9.17, 15) is 10.2 Å². The molecule has 72 valence electrons. The zero-order valence-corrected chi connectivity index (χ0v) is 7.43. The molecule has 1 heterocycles. The summed E-state index contributed by atoms with van der Waals surface area (Å²) in [5.74, 6) is -0.0308. The van der Waals surface area contributed by atoms with E-state index < -0.39 is 18.5 Å². The summed E-state index contributed by atoms with van der Waals surface area (Å²) in [6.07, 6.45) is -2.33. The highest BCUT2D eigenvalue weighted by Gasteiger charge is 2.36. The second-order valence-electron chi connectivity index (χ2n) is 3.12. The number of ether oxygens (including phenoxy) is 2. The Kier molecular flexibility index (Phi) is 3.46. The van der Waals surface area contributed by atoms with Crippen LogP contribution < -0.4 is 0 Å². The molecule has 4 heteroatoms. The average molecular weight is 176 g/mol. The fourth-order valence-corrected chi connectivity index (χ4v) is 1.25. The Bertz CT molecular complexity index is 139. The highest BCUT2D eigenvalue weighted by molar-refractivity contribution is 4.80. The first kappa shape index (κ1) is 9.92. The topological polar surface area (TPSA) is 58.9 Å². The van der Waals surface area contributed by atoms with E-state index in [1.807, 2.05) is 13.8 Å². The van der Waals surface area contributed by atoms with E-state index in [1.54, 1.807) is 0 Å². The molecule has 0 aromatic rings. The van der Waals surface area contributed by atoms with Gasteiger partial charge >= 0.3 is 0 Å². The molecule has 2 N–H and O–H groups in total. The molecule has 1 aliphatic heterocycles. The van der Waals surface area contributed by atoms with Crippen molar-refractivity contribution in [1.82, 2.24) is 0 Å². The minimum atomic E-state index is -0.923. The van der Waals surface area contributed by atoms with Crippen LogP contribution in [0, 0.1) is 5.92 Å². The van der Waals surface area contributed by atoms with Crippen molar-refractivity contribution in [1.29, 1.82) is 0 Å². The maximum absolute atomic E-state index is 9.44. The molecule has 12 heavy (non-hydrogen) atoms. The molecule has 0 saturated carbocycles. The molecule has 0 amide bonds. The number of rotatable bonds is 2. The van der Waals surface area contributed by atoms with Crippen molar-refractivity contribution in [2.75, 3.05) is 13.2 Å². The lowest BCUT2D eigenvalue weighted by Crippen LogP contribution is -2.50. The van der Waals surface area contributed by atoms with Crippen LogP contribution in [0.4, 0.5) is 0 Å². The van der Waals surface area contributed by atoms with Crippen molar-refractivity contribution in [2.45, 2.75) is 32.3 Å². The summed E-state index contributed by atoms with van der Waals surface area (Å²) in [5, 5.41) is 18.9. The minimum absolute atomic E-state index is 0.0308. The first-order valence-electron chi connectivity index (χ1n) is 4.26. The van der Waals surface area contributed by atoms with Crippen molar-refractivity contribution in [3.8, 4) is 0 Å². The molecule has 4 unspecified atom stereocenters. The van der Waals surface area contributed by atoms with Gasteiger partial charge in [-0.3, -0.25) is 0 Å². The Morgan fingerprint density at radius 2 is 2.08 bits per heavy atom. The highest BCUT2D eigenvalue weighted by atomic mass is 16.7. The molecular weight excluding hydrogens is 160 g/mol. The number of aliphatic hydroxyl groups is 2. The van der Waals surface area contributed by atoms with Crippen LogP contribution in [0.3, 0.4) is 0 Å². The summed E-state index contributed by atoms with van der Waals surface area (Å²) in [6, 6.07) is 0. The summed E-state index contributed by atoms with van der Waals surface area (Å²) in [6.45, 7) is 4.56. The summed E-state index contributed by atoms with van der Waals surface area (Å²) in [5.41, 5.74) is 0. The monoisotopic (exact) mass is 176 g/mol. The van der Waals surface area contributed by atoms with Crippen molar-refractivity contribution in [2.24, 2.45) is 5.92 Å². The Morgan fingerprint density at radius 3 is 2.67 bits per heavy atom. The molecule has 4 nitrogen and oxygen atoms in total. The fraction of sp³-hybridized carbons (Fsp3) is 1.00. The van der Waals surface area contributed by atoms with Gasteiger partial charge in [0.2, 0.25) is 0 Å². The van der Waals surface area contributed by atoms with E-state index in [0.29, 0.717) is 13.2 Å². The van der Waals surface area contributed by atoms with Crippen LogP contribution in [-0.4, -0.2) is 41.9 Å². The number of aliphatic hydroxyl groups excluding tert-OH is 2. The molecule has 4 atom stereocenters. The van der Waals surface area contributed by atoms with Crippen molar-refractivity contribution >= 4 is 0 Å². The molecule has 0 aromatic heterocycles. The van der Waals surface area contributed by atoms with Gasteiger partial charge in [-0.15, -0.1) is 0 Å². The molecule has 0 bridgehead atoms. The quantitative estimate of drug-likeness (QED) is 0.608. The lowest BCUT2D eigenvalue weighted by atomic mass is 9.98. The Balaban J connectivity index is 2.46.